The number of methoxy groups -OCH3 is 1. The molecule has 0 spiro atoms. The Labute approximate surface area is 97.7 Å². The minimum Gasteiger partial charge on any atom is -0.495 e. The second-order valence-corrected chi connectivity index (χ2v) is 4.22. The Bertz CT molecular complexity index is 355. The maximum atomic E-state index is 13.5. The van der Waals surface area contributed by atoms with E-state index in [1.165, 1.54) is 6.07 Å². The molecule has 2 N–H and O–H groups in total. The average Bonchev–Trinajstić information content (AvgIpc) is 2.21. The van der Waals surface area contributed by atoms with Crippen molar-refractivity contribution in [3.63, 3.8) is 0 Å². The third kappa shape index (κ3) is 2.69. The number of benzene rings is 1. The van der Waals surface area contributed by atoms with Crippen LogP contribution < -0.4 is 10.5 Å². The van der Waals surface area contributed by atoms with E-state index < -0.39 is 0 Å². The van der Waals surface area contributed by atoms with Gasteiger partial charge in [0.1, 0.15) is 11.6 Å². The first-order valence-electron chi connectivity index (χ1n) is 4.83. The van der Waals surface area contributed by atoms with Gasteiger partial charge in [0.15, 0.2) is 0 Å². The van der Waals surface area contributed by atoms with Crippen LogP contribution in [0.25, 0.3) is 0 Å². The summed E-state index contributed by atoms with van der Waals surface area (Å²) in [6, 6.07) is 1.43. The number of hydrogen-bond acceptors (Lipinski definition) is 2. The molecular weight excluding hydrogens is 261 g/mol. The first-order valence-corrected chi connectivity index (χ1v) is 5.62. The van der Waals surface area contributed by atoms with E-state index in [2.05, 4.69) is 15.9 Å². The van der Waals surface area contributed by atoms with Crippen molar-refractivity contribution in [3.8, 4) is 5.75 Å². The van der Waals surface area contributed by atoms with Gasteiger partial charge in [-0.2, -0.15) is 0 Å². The molecule has 0 heterocycles. The van der Waals surface area contributed by atoms with Crippen molar-refractivity contribution in [1.82, 2.24) is 0 Å². The van der Waals surface area contributed by atoms with Crippen molar-refractivity contribution in [2.75, 3.05) is 13.7 Å². The van der Waals surface area contributed by atoms with Crippen LogP contribution in [0.1, 0.15) is 17.5 Å². The highest BCUT2D eigenvalue weighted by atomic mass is 79.9. The second kappa shape index (κ2) is 5.47. The van der Waals surface area contributed by atoms with Gasteiger partial charge >= 0.3 is 0 Å². The molecular formula is C11H15BrFNO. The SMILES string of the molecule is COc1c(Br)cc(F)c(C)c1CCCN. The summed E-state index contributed by atoms with van der Waals surface area (Å²) in [5.74, 6) is 0.497. The Kier molecular flexibility index (Phi) is 4.54. The number of hydrogen-bond donors (Lipinski definition) is 1. The lowest BCUT2D eigenvalue weighted by Gasteiger charge is -2.13. The molecule has 0 fully saturated rings. The first-order chi connectivity index (χ1) is 7.11. The maximum Gasteiger partial charge on any atom is 0.136 e. The van der Waals surface area contributed by atoms with Crippen LogP contribution in [0, 0.1) is 12.7 Å². The Morgan fingerprint density at radius 1 is 1.53 bits per heavy atom. The minimum atomic E-state index is -0.213. The molecule has 0 atom stereocenters. The van der Waals surface area contributed by atoms with E-state index >= 15 is 0 Å². The van der Waals surface area contributed by atoms with Gasteiger partial charge in [0.2, 0.25) is 0 Å². The standard InChI is InChI=1S/C11H15BrFNO/c1-7-8(4-3-5-14)11(15-2)9(12)6-10(7)13/h6H,3-5,14H2,1-2H3. The lowest BCUT2D eigenvalue weighted by molar-refractivity contribution is 0.404. The molecule has 0 aliphatic heterocycles. The number of nitrogens with two attached hydrogens (primary N) is 1. The zero-order chi connectivity index (χ0) is 11.4. The fraction of sp³-hybridized carbons (Fsp3) is 0.455. The monoisotopic (exact) mass is 275 g/mol. The van der Waals surface area contributed by atoms with Crippen molar-refractivity contribution >= 4 is 15.9 Å². The van der Waals surface area contributed by atoms with Gasteiger partial charge in [-0.05, 0) is 53.9 Å². The second-order valence-electron chi connectivity index (χ2n) is 3.37. The van der Waals surface area contributed by atoms with Gasteiger partial charge in [-0.15, -0.1) is 0 Å². The molecule has 0 aromatic heterocycles. The number of halogens is 2. The van der Waals surface area contributed by atoms with Crippen molar-refractivity contribution in [2.45, 2.75) is 19.8 Å². The van der Waals surface area contributed by atoms with Crippen LogP contribution in [-0.4, -0.2) is 13.7 Å². The highest BCUT2D eigenvalue weighted by Gasteiger charge is 2.14. The molecule has 1 aromatic rings. The van der Waals surface area contributed by atoms with E-state index in [0.29, 0.717) is 22.3 Å². The summed E-state index contributed by atoms with van der Waals surface area (Å²) < 4.78 is 19.4. The van der Waals surface area contributed by atoms with Crippen LogP contribution in [0.5, 0.6) is 5.75 Å². The van der Waals surface area contributed by atoms with E-state index in [9.17, 15) is 4.39 Å². The molecule has 1 aromatic carbocycles. The Balaban J connectivity index is 3.18. The summed E-state index contributed by atoms with van der Waals surface area (Å²) in [5, 5.41) is 0. The third-order valence-corrected chi connectivity index (χ3v) is 2.98. The zero-order valence-corrected chi connectivity index (χ0v) is 10.5. The van der Waals surface area contributed by atoms with Crippen LogP contribution in [-0.2, 0) is 6.42 Å². The van der Waals surface area contributed by atoms with Crippen LogP contribution in [0.4, 0.5) is 4.39 Å². The third-order valence-electron chi connectivity index (χ3n) is 2.39. The molecule has 4 heteroatoms. The fourth-order valence-corrected chi connectivity index (χ4v) is 2.15. The van der Waals surface area contributed by atoms with E-state index in [1.54, 1.807) is 14.0 Å². The molecule has 84 valence electrons. The molecule has 0 radical (unpaired) electrons. The molecule has 1 rings (SSSR count). The quantitative estimate of drug-likeness (QED) is 0.917. The van der Waals surface area contributed by atoms with Gasteiger partial charge in [0.25, 0.3) is 0 Å². The summed E-state index contributed by atoms with van der Waals surface area (Å²) in [6.45, 7) is 2.35. The summed E-state index contributed by atoms with van der Waals surface area (Å²) in [4.78, 5) is 0. The van der Waals surface area contributed by atoms with E-state index in [-0.39, 0.29) is 5.82 Å². The van der Waals surface area contributed by atoms with Crippen molar-refractivity contribution in [2.24, 2.45) is 5.73 Å². The van der Waals surface area contributed by atoms with Crippen LogP contribution in [0.2, 0.25) is 0 Å². The Morgan fingerprint density at radius 3 is 2.73 bits per heavy atom. The molecule has 0 aliphatic carbocycles. The Hall–Kier alpha value is -0.610. The van der Waals surface area contributed by atoms with Crippen molar-refractivity contribution in [3.05, 3.63) is 27.5 Å². The normalized spacial score (nSPS) is 10.5. The van der Waals surface area contributed by atoms with Crippen LogP contribution >= 0.6 is 15.9 Å². The van der Waals surface area contributed by atoms with Crippen molar-refractivity contribution in [1.29, 1.82) is 0 Å². The van der Waals surface area contributed by atoms with Crippen LogP contribution in [0.15, 0.2) is 10.5 Å². The summed E-state index contributed by atoms with van der Waals surface area (Å²) in [7, 11) is 1.59. The van der Waals surface area contributed by atoms with E-state index in [0.717, 1.165) is 18.4 Å². The smallest absolute Gasteiger partial charge is 0.136 e. The molecule has 0 saturated heterocycles. The van der Waals surface area contributed by atoms with Crippen LogP contribution in [0.3, 0.4) is 0 Å². The van der Waals surface area contributed by atoms with Crippen molar-refractivity contribution < 1.29 is 9.13 Å². The summed E-state index contributed by atoms with van der Waals surface area (Å²) in [5.41, 5.74) is 6.99. The Morgan fingerprint density at radius 2 is 2.20 bits per heavy atom. The van der Waals surface area contributed by atoms with Gasteiger partial charge in [0, 0.05) is 5.56 Å². The molecule has 0 aliphatic rings. The summed E-state index contributed by atoms with van der Waals surface area (Å²) >= 11 is 3.29. The topological polar surface area (TPSA) is 35.2 Å². The molecule has 15 heavy (non-hydrogen) atoms. The fourth-order valence-electron chi connectivity index (χ4n) is 1.54. The van der Waals surface area contributed by atoms with Gasteiger partial charge in [-0.3, -0.25) is 0 Å². The highest BCUT2D eigenvalue weighted by molar-refractivity contribution is 9.10. The zero-order valence-electron chi connectivity index (χ0n) is 8.94. The summed E-state index contributed by atoms with van der Waals surface area (Å²) in [6.07, 6.45) is 1.56. The molecule has 0 saturated carbocycles. The lowest BCUT2D eigenvalue weighted by atomic mass is 10.0. The van der Waals surface area contributed by atoms with Gasteiger partial charge in [-0.25, -0.2) is 4.39 Å². The van der Waals surface area contributed by atoms with Gasteiger partial charge < -0.3 is 10.5 Å². The predicted molar refractivity (Wildman–Crippen MR) is 62.8 cm³/mol. The minimum absolute atomic E-state index is 0.213. The van der Waals surface area contributed by atoms with Gasteiger partial charge in [-0.1, -0.05) is 0 Å². The molecule has 2 nitrogen and oxygen atoms in total. The number of rotatable bonds is 4. The first kappa shape index (κ1) is 12.5. The van der Waals surface area contributed by atoms with E-state index in [1.807, 2.05) is 0 Å². The lowest BCUT2D eigenvalue weighted by Crippen LogP contribution is -2.04. The maximum absolute atomic E-state index is 13.5. The predicted octanol–water partition coefficient (Wildman–Crippen LogP) is 2.80. The molecule has 0 bridgehead atoms. The van der Waals surface area contributed by atoms with E-state index in [4.69, 9.17) is 10.5 Å². The number of ether oxygens (including phenoxy) is 1. The average molecular weight is 276 g/mol. The highest BCUT2D eigenvalue weighted by Crippen LogP contribution is 2.33. The molecule has 0 amide bonds. The molecule has 0 unspecified atom stereocenters. The van der Waals surface area contributed by atoms with Gasteiger partial charge in [0.05, 0.1) is 11.6 Å². The largest absolute Gasteiger partial charge is 0.495 e.